The minimum atomic E-state index is -0.700. The second-order valence-corrected chi connectivity index (χ2v) is 7.99. The molecule has 0 aliphatic rings. The Kier molecular flexibility index (Phi) is 6.56. The van der Waals surface area contributed by atoms with Crippen LogP contribution < -0.4 is 4.74 Å². The molecule has 1 heterocycles. The van der Waals surface area contributed by atoms with Gasteiger partial charge in [0.1, 0.15) is 35.3 Å². The van der Waals surface area contributed by atoms with Crippen LogP contribution in [0.1, 0.15) is 21.6 Å². The number of carbonyl (C=O) groups is 1. The van der Waals surface area contributed by atoms with E-state index in [-0.39, 0.29) is 23.5 Å². The molecule has 0 atom stereocenters. The second kappa shape index (κ2) is 9.57. The molecule has 0 aliphatic carbocycles. The number of hydrogen-bond donors (Lipinski definition) is 1. The minimum Gasteiger partial charge on any atom is -0.507 e. The third-order valence-corrected chi connectivity index (χ3v) is 5.57. The summed E-state index contributed by atoms with van der Waals surface area (Å²) < 4.78 is 39.9. The summed E-state index contributed by atoms with van der Waals surface area (Å²) in [6.45, 7) is 1.76. The van der Waals surface area contributed by atoms with Gasteiger partial charge in [-0.1, -0.05) is 11.6 Å². The van der Waals surface area contributed by atoms with Gasteiger partial charge in [-0.3, -0.25) is 0 Å². The maximum atomic E-state index is 14.1. The molecule has 0 aliphatic heterocycles. The van der Waals surface area contributed by atoms with E-state index in [1.807, 2.05) is 23.6 Å². The van der Waals surface area contributed by atoms with Crippen LogP contribution in [0.2, 0.25) is 5.02 Å². The predicted molar refractivity (Wildman–Crippen MR) is 125 cm³/mol. The molecule has 8 heteroatoms. The summed E-state index contributed by atoms with van der Waals surface area (Å²) in [4.78, 5) is 12.1. The van der Waals surface area contributed by atoms with Crippen LogP contribution >= 0.6 is 11.6 Å². The normalized spacial score (nSPS) is 10.9. The van der Waals surface area contributed by atoms with Crippen LogP contribution in [-0.4, -0.2) is 22.8 Å². The van der Waals surface area contributed by atoms with Gasteiger partial charge in [-0.05, 0) is 67.6 Å². The summed E-state index contributed by atoms with van der Waals surface area (Å²) in [5.74, 6) is -1.80. The standard InChI is InChI=1S/C26H20ClF2NO4/c1-15-3-8-23(30(15)19-7-9-24(31)21(13-19)26(32)33-2)20-11-17(27)5-10-25(20)34-14-16-4-6-18(28)12-22(16)29/h3-13,31H,14H2,1-2H3. The smallest absolute Gasteiger partial charge is 0.341 e. The molecule has 0 saturated carbocycles. The monoisotopic (exact) mass is 483 g/mol. The van der Waals surface area contributed by atoms with Crippen molar-refractivity contribution in [3.8, 4) is 28.4 Å². The first kappa shape index (κ1) is 23.3. The van der Waals surface area contributed by atoms with Gasteiger partial charge in [-0.25, -0.2) is 13.6 Å². The van der Waals surface area contributed by atoms with Crippen LogP contribution in [-0.2, 0) is 11.3 Å². The van der Waals surface area contributed by atoms with Crippen molar-refractivity contribution in [3.05, 3.63) is 100 Å². The first-order chi connectivity index (χ1) is 16.3. The van der Waals surface area contributed by atoms with Crippen molar-refractivity contribution in [2.24, 2.45) is 0 Å². The zero-order valence-electron chi connectivity index (χ0n) is 18.3. The van der Waals surface area contributed by atoms with E-state index in [2.05, 4.69) is 0 Å². The highest BCUT2D eigenvalue weighted by molar-refractivity contribution is 6.31. The fourth-order valence-corrected chi connectivity index (χ4v) is 3.82. The lowest BCUT2D eigenvalue weighted by Gasteiger charge is -2.17. The Balaban J connectivity index is 1.77. The van der Waals surface area contributed by atoms with E-state index in [9.17, 15) is 18.7 Å². The maximum Gasteiger partial charge on any atom is 0.341 e. The lowest BCUT2D eigenvalue weighted by Crippen LogP contribution is -2.06. The molecule has 4 aromatic rings. The first-order valence-electron chi connectivity index (χ1n) is 10.2. The van der Waals surface area contributed by atoms with Gasteiger partial charge in [0.2, 0.25) is 0 Å². The Morgan fingerprint density at radius 1 is 1.03 bits per heavy atom. The van der Waals surface area contributed by atoms with Crippen LogP contribution in [0.3, 0.4) is 0 Å². The van der Waals surface area contributed by atoms with Gasteiger partial charge in [0.05, 0.1) is 12.8 Å². The van der Waals surface area contributed by atoms with Gasteiger partial charge in [0.25, 0.3) is 0 Å². The summed E-state index contributed by atoms with van der Waals surface area (Å²) in [5, 5.41) is 10.5. The molecule has 34 heavy (non-hydrogen) atoms. The Labute approximate surface area is 199 Å². The Morgan fingerprint density at radius 3 is 2.56 bits per heavy atom. The molecule has 5 nitrogen and oxygen atoms in total. The van der Waals surface area contributed by atoms with E-state index in [0.29, 0.717) is 27.7 Å². The molecule has 174 valence electrons. The molecular formula is C26H20ClF2NO4. The van der Waals surface area contributed by atoms with Crippen molar-refractivity contribution < 1.29 is 28.2 Å². The van der Waals surface area contributed by atoms with E-state index >= 15 is 0 Å². The number of nitrogens with zero attached hydrogens (tertiary/aromatic N) is 1. The number of phenols is 1. The lowest BCUT2D eigenvalue weighted by molar-refractivity contribution is 0.0597. The average molecular weight is 484 g/mol. The maximum absolute atomic E-state index is 14.1. The molecule has 4 rings (SSSR count). The molecular weight excluding hydrogens is 464 g/mol. The number of hydrogen-bond acceptors (Lipinski definition) is 4. The number of halogens is 3. The molecule has 0 bridgehead atoms. The third-order valence-electron chi connectivity index (χ3n) is 5.34. The summed E-state index contributed by atoms with van der Waals surface area (Å²) in [6, 6.07) is 16.7. The van der Waals surface area contributed by atoms with Gasteiger partial charge < -0.3 is 19.1 Å². The first-order valence-corrected chi connectivity index (χ1v) is 10.6. The summed E-state index contributed by atoms with van der Waals surface area (Å²) in [6.07, 6.45) is 0. The predicted octanol–water partition coefficient (Wildman–Crippen LogP) is 6.46. The van der Waals surface area contributed by atoms with Gasteiger partial charge in [-0.2, -0.15) is 0 Å². The molecule has 0 amide bonds. The van der Waals surface area contributed by atoms with E-state index < -0.39 is 17.6 Å². The van der Waals surface area contributed by atoms with E-state index in [0.717, 1.165) is 11.8 Å². The van der Waals surface area contributed by atoms with Crippen molar-refractivity contribution in [3.63, 3.8) is 0 Å². The molecule has 3 aromatic carbocycles. The molecule has 0 radical (unpaired) electrons. The number of carbonyl (C=O) groups excluding carboxylic acids is 1. The topological polar surface area (TPSA) is 60.7 Å². The summed E-state index contributed by atoms with van der Waals surface area (Å²) >= 11 is 6.28. The number of phenolic OH excluding ortho intramolecular Hbond substituents is 1. The molecule has 0 spiro atoms. The number of methoxy groups -OCH3 is 1. The van der Waals surface area contributed by atoms with Crippen molar-refractivity contribution in [2.45, 2.75) is 13.5 Å². The van der Waals surface area contributed by atoms with Crippen LogP contribution in [0, 0.1) is 18.6 Å². The Morgan fingerprint density at radius 2 is 1.82 bits per heavy atom. The highest BCUT2D eigenvalue weighted by Gasteiger charge is 2.18. The number of aromatic nitrogens is 1. The highest BCUT2D eigenvalue weighted by Crippen LogP contribution is 2.37. The van der Waals surface area contributed by atoms with Crippen molar-refractivity contribution >= 4 is 17.6 Å². The van der Waals surface area contributed by atoms with Gasteiger partial charge >= 0.3 is 5.97 Å². The number of aromatic hydroxyl groups is 1. The van der Waals surface area contributed by atoms with Gasteiger partial charge in [0.15, 0.2) is 0 Å². The van der Waals surface area contributed by atoms with E-state index in [4.69, 9.17) is 21.1 Å². The van der Waals surface area contributed by atoms with E-state index in [1.165, 1.54) is 31.4 Å². The molecule has 0 fully saturated rings. The van der Waals surface area contributed by atoms with Crippen LogP contribution in [0.4, 0.5) is 8.78 Å². The average Bonchev–Trinajstić information content (AvgIpc) is 3.20. The minimum absolute atomic E-state index is 0.0217. The third kappa shape index (κ3) is 4.61. The largest absolute Gasteiger partial charge is 0.507 e. The number of benzene rings is 3. The zero-order chi connectivity index (χ0) is 24.4. The van der Waals surface area contributed by atoms with Gasteiger partial charge in [-0.15, -0.1) is 0 Å². The molecule has 1 N–H and O–H groups in total. The van der Waals surface area contributed by atoms with Crippen LogP contribution in [0.25, 0.3) is 16.9 Å². The highest BCUT2D eigenvalue weighted by atomic mass is 35.5. The summed E-state index contributed by atoms with van der Waals surface area (Å²) in [5.41, 5.74) is 2.98. The van der Waals surface area contributed by atoms with Crippen molar-refractivity contribution in [2.75, 3.05) is 7.11 Å². The fourth-order valence-electron chi connectivity index (χ4n) is 3.65. The SMILES string of the molecule is COC(=O)c1cc(-n2c(C)ccc2-c2cc(Cl)ccc2OCc2ccc(F)cc2F)ccc1O. The fraction of sp³-hybridized carbons (Fsp3) is 0.115. The molecule has 0 unspecified atom stereocenters. The van der Waals surface area contributed by atoms with Crippen molar-refractivity contribution in [1.29, 1.82) is 0 Å². The molecule has 1 aromatic heterocycles. The van der Waals surface area contributed by atoms with E-state index in [1.54, 1.807) is 24.3 Å². The van der Waals surface area contributed by atoms with Gasteiger partial charge in [0, 0.05) is 33.6 Å². The quantitative estimate of drug-likeness (QED) is 0.320. The number of rotatable bonds is 6. The number of ether oxygens (including phenoxy) is 2. The number of esters is 1. The Bertz CT molecular complexity index is 1380. The van der Waals surface area contributed by atoms with Crippen molar-refractivity contribution in [1.82, 2.24) is 4.57 Å². The van der Waals surface area contributed by atoms with Crippen LogP contribution in [0.15, 0.2) is 66.7 Å². The molecule has 0 saturated heterocycles. The summed E-state index contributed by atoms with van der Waals surface area (Å²) in [7, 11) is 1.24. The zero-order valence-corrected chi connectivity index (χ0v) is 19.1. The van der Waals surface area contributed by atoms with Crippen LogP contribution in [0.5, 0.6) is 11.5 Å². The second-order valence-electron chi connectivity index (χ2n) is 7.55. The number of aryl methyl sites for hydroxylation is 1. The lowest BCUT2D eigenvalue weighted by atomic mass is 10.1. The Hall–Kier alpha value is -3.84.